The first-order valence-corrected chi connectivity index (χ1v) is 6.93. The normalized spacial score (nSPS) is 16.0. The lowest BCUT2D eigenvalue weighted by Crippen LogP contribution is -2.57. The van der Waals surface area contributed by atoms with E-state index in [2.05, 4.69) is 10.5 Å². The third kappa shape index (κ3) is 3.24. The second-order valence-electron chi connectivity index (χ2n) is 5.00. The summed E-state index contributed by atoms with van der Waals surface area (Å²) in [7, 11) is 4.05. The molecule has 126 valence electrons. The predicted molar refractivity (Wildman–Crippen MR) is 83.4 cm³/mol. The molecular weight excluding hydrogens is 316 g/mol. The minimum absolute atomic E-state index is 0.332. The van der Waals surface area contributed by atoms with Crippen LogP contribution in [0.4, 0.5) is 4.79 Å². The van der Waals surface area contributed by atoms with Gasteiger partial charge in [-0.25, -0.2) is 10.2 Å². The molecule has 2 rings (SSSR count). The molecule has 0 bridgehead atoms. The van der Waals surface area contributed by atoms with Crippen molar-refractivity contribution in [3.8, 4) is 5.75 Å². The summed E-state index contributed by atoms with van der Waals surface area (Å²) in [6.45, 7) is 0. The van der Waals surface area contributed by atoms with Gasteiger partial charge in [0.25, 0.3) is 5.91 Å². The maximum absolute atomic E-state index is 11.9. The van der Waals surface area contributed by atoms with Gasteiger partial charge in [0, 0.05) is 25.9 Å². The second kappa shape index (κ2) is 6.90. The molecule has 0 aromatic heterocycles. The molecule has 1 aliphatic heterocycles. The first-order chi connectivity index (χ1) is 11.4. The SMILES string of the molecule is COc1ccc(C(=O)N/N=C/C2C(=O)N(C)C(=O)N(C)C2=O)cc1. The van der Waals surface area contributed by atoms with E-state index in [1.54, 1.807) is 24.3 Å². The lowest BCUT2D eigenvalue weighted by molar-refractivity contribution is -0.144. The molecule has 0 atom stereocenters. The van der Waals surface area contributed by atoms with Gasteiger partial charge in [0.15, 0.2) is 5.92 Å². The molecule has 0 aliphatic carbocycles. The molecule has 1 saturated heterocycles. The van der Waals surface area contributed by atoms with Crippen LogP contribution >= 0.6 is 0 Å². The molecule has 0 radical (unpaired) electrons. The van der Waals surface area contributed by atoms with E-state index < -0.39 is 29.7 Å². The number of imide groups is 2. The van der Waals surface area contributed by atoms with Gasteiger partial charge < -0.3 is 4.74 Å². The van der Waals surface area contributed by atoms with Gasteiger partial charge >= 0.3 is 6.03 Å². The van der Waals surface area contributed by atoms with Gasteiger partial charge in [0.05, 0.1) is 7.11 Å². The third-order valence-electron chi connectivity index (χ3n) is 3.51. The molecule has 1 aromatic carbocycles. The zero-order valence-electron chi connectivity index (χ0n) is 13.3. The number of carbonyl (C=O) groups excluding carboxylic acids is 4. The summed E-state index contributed by atoms with van der Waals surface area (Å²) in [6.07, 6.45) is 1.01. The fourth-order valence-electron chi connectivity index (χ4n) is 2.04. The minimum Gasteiger partial charge on any atom is -0.497 e. The second-order valence-corrected chi connectivity index (χ2v) is 5.00. The Bertz CT molecular complexity index is 689. The van der Waals surface area contributed by atoms with Crippen LogP contribution in [0.3, 0.4) is 0 Å². The number of urea groups is 1. The zero-order chi connectivity index (χ0) is 17.9. The molecule has 1 heterocycles. The number of benzene rings is 1. The first kappa shape index (κ1) is 17.1. The number of amides is 5. The first-order valence-electron chi connectivity index (χ1n) is 6.93. The summed E-state index contributed by atoms with van der Waals surface area (Å²) in [4.78, 5) is 49.1. The lowest BCUT2D eigenvalue weighted by atomic mass is 10.1. The fourth-order valence-corrected chi connectivity index (χ4v) is 2.04. The third-order valence-corrected chi connectivity index (χ3v) is 3.51. The maximum Gasteiger partial charge on any atom is 0.332 e. The van der Waals surface area contributed by atoms with Gasteiger partial charge in [-0.15, -0.1) is 0 Å². The summed E-state index contributed by atoms with van der Waals surface area (Å²) in [5.74, 6) is -2.57. The van der Waals surface area contributed by atoms with E-state index in [4.69, 9.17) is 4.74 Å². The van der Waals surface area contributed by atoms with Crippen molar-refractivity contribution < 1.29 is 23.9 Å². The summed E-state index contributed by atoms with van der Waals surface area (Å²) >= 11 is 0. The van der Waals surface area contributed by atoms with Crippen LogP contribution in [-0.2, 0) is 9.59 Å². The van der Waals surface area contributed by atoms with Crippen molar-refractivity contribution in [1.82, 2.24) is 15.2 Å². The Morgan fingerprint density at radius 2 is 1.67 bits per heavy atom. The summed E-state index contributed by atoms with van der Waals surface area (Å²) < 4.78 is 4.99. The molecule has 1 N–H and O–H groups in total. The highest BCUT2D eigenvalue weighted by molar-refractivity contribution is 6.23. The quantitative estimate of drug-likeness (QED) is 0.477. The fraction of sp³-hybridized carbons (Fsp3) is 0.267. The van der Waals surface area contributed by atoms with Crippen molar-refractivity contribution in [3.63, 3.8) is 0 Å². The van der Waals surface area contributed by atoms with E-state index in [1.807, 2.05) is 0 Å². The topological polar surface area (TPSA) is 108 Å². The van der Waals surface area contributed by atoms with Crippen molar-refractivity contribution in [2.24, 2.45) is 11.0 Å². The molecule has 5 amide bonds. The summed E-state index contributed by atoms with van der Waals surface area (Å²) in [5, 5.41) is 3.65. The highest BCUT2D eigenvalue weighted by atomic mass is 16.5. The molecule has 1 aliphatic rings. The van der Waals surface area contributed by atoms with Crippen LogP contribution in [0.15, 0.2) is 29.4 Å². The molecule has 9 nitrogen and oxygen atoms in total. The van der Waals surface area contributed by atoms with Crippen LogP contribution in [0.5, 0.6) is 5.75 Å². The number of nitrogens with one attached hydrogen (secondary N) is 1. The molecule has 0 spiro atoms. The number of hydrogen-bond donors (Lipinski definition) is 1. The van der Waals surface area contributed by atoms with E-state index in [1.165, 1.54) is 21.2 Å². The van der Waals surface area contributed by atoms with Crippen LogP contribution in [0.25, 0.3) is 0 Å². The summed E-state index contributed by atoms with van der Waals surface area (Å²) in [5.41, 5.74) is 2.56. The Labute approximate surface area is 137 Å². The Morgan fingerprint density at radius 1 is 1.12 bits per heavy atom. The molecule has 24 heavy (non-hydrogen) atoms. The van der Waals surface area contributed by atoms with Gasteiger partial charge in [0.1, 0.15) is 5.75 Å². The number of rotatable bonds is 4. The van der Waals surface area contributed by atoms with E-state index >= 15 is 0 Å². The molecule has 1 aromatic rings. The smallest absolute Gasteiger partial charge is 0.332 e. The number of hydrogen-bond acceptors (Lipinski definition) is 6. The van der Waals surface area contributed by atoms with Gasteiger partial charge in [0.2, 0.25) is 11.8 Å². The largest absolute Gasteiger partial charge is 0.497 e. The van der Waals surface area contributed by atoms with Gasteiger partial charge in [-0.1, -0.05) is 0 Å². The zero-order valence-corrected chi connectivity index (χ0v) is 13.3. The van der Waals surface area contributed by atoms with Crippen molar-refractivity contribution in [2.75, 3.05) is 21.2 Å². The Morgan fingerprint density at radius 3 is 2.17 bits per heavy atom. The van der Waals surface area contributed by atoms with Crippen LogP contribution in [0.1, 0.15) is 10.4 Å². The number of methoxy groups -OCH3 is 1. The molecule has 0 unspecified atom stereocenters. The van der Waals surface area contributed by atoms with Crippen LogP contribution in [-0.4, -0.2) is 61.0 Å². The number of nitrogens with zero attached hydrogens (tertiary/aromatic N) is 3. The molecule has 0 saturated carbocycles. The number of barbiturate groups is 1. The molecular formula is C15H16N4O5. The molecule has 1 fully saturated rings. The van der Waals surface area contributed by atoms with Crippen molar-refractivity contribution in [3.05, 3.63) is 29.8 Å². The standard InChI is InChI=1S/C15H16N4O5/c1-18-13(21)11(14(22)19(2)15(18)23)8-16-17-12(20)9-4-6-10(24-3)7-5-9/h4-8,11H,1-3H3,(H,17,20)/b16-8+. The number of carbonyl (C=O) groups is 4. The van der Waals surface area contributed by atoms with Crippen LogP contribution in [0, 0.1) is 5.92 Å². The summed E-state index contributed by atoms with van der Waals surface area (Å²) in [6, 6.07) is 5.60. The van der Waals surface area contributed by atoms with Crippen molar-refractivity contribution in [1.29, 1.82) is 0 Å². The molecule has 9 heteroatoms. The van der Waals surface area contributed by atoms with Gasteiger partial charge in [-0.3, -0.25) is 24.2 Å². The Balaban J connectivity index is 2.04. The van der Waals surface area contributed by atoms with Gasteiger partial charge in [-0.05, 0) is 24.3 Å². The van der Waals surface area contributed by atoms with Crippen LogP contribution < -0.4 is 10.2 Å². The van der Waals surface area contributed by atoms with E-state index in [9.17, 15) is 19.2 Å². The average molecular weight is 332 g/mol. The monoisotopic (exact) mass is 332 g/mol. The number of hydrazone groups is 1. The lowest BCUT2D eigenvalue weighted by Gasteiger charge is -2.30. The Kier molecular flexibility index (Phi) is 4.93. The predicted octanol–water partition coefficient (Wildman–Crippen LogP) is 0.0774. The highest BCUT2D eigenvalue weighted by Gasteiger charge is 2.41. The van der Waals surface area contributed by atoms with Crippen LogP contribution in [0.2, 0.25) is 0 Å². The van der Waals surface area contributed by atoms with E-state index in [0.717, 1.165) is 16.0 Å². The highest BCUT2D eigenvalue weighted by Crippen LogP contribution is 2.14. The maximum atomic E-state index is 11.9. The van der Waals surface area contributed by atoms with Crippen molar-refractivity contribution >= 4 is 30.0 Å². The van der Waals surface area contributed by atoms with E-state index in [0.29, 0.717) is 11.3 Å². The average Bonchev–Trinajstić information content (AvgIpc) is 2.61. The van der Waals surface area contributed by atoms with Crippen molar-refractivity contribution in [2.45, 2.75) is 0 Å². The Hall–Kier alpha value is -3.23. The van der Waals surface area contributed by atoms with E-state index in [-0.39, 0.29) is 0 Å². The number of ether oxygens (including phenoxy) is 1. The van der Waals surface area contributed by atoms with Gasteiger partial charge in [-0.2, -0.15) is 5.10 Å². The minimum atomic E-state index is -1.26.